The molecule has 0 aromatic heterocycles. The maximum atomic E-state index is 13.3. The van der Waals surface area contributed by atoms with Gasteiger partial charge in [-0.2, -0.15) is 0 Å². The number of rotatable bonds is 2. The molecule has 0 spiro atoms. The van der Waals surface area contributed by atoms with Gasteiger partial charge in [-0.25, -0.2) is 8.78 Å². The Bertz CT molecular complexity index is 509. The maximum Gasteiger partial charge on any atom is 0.264 e. The van der Waals surface area contributed by atoms with Gasteiger partial charge in [0.25, 0.3) is 22.6 Å². The molecule has 90 valence electrons. The number of carbonyl (C=O) groups is 1. The van der Waals surface area contributed by atoms with Gasteiger partial charge in [-0.05, 0) is 19.1 Å². The van der Waals surface area contributed by atoms with Gasteiger partial charge in [-0.3, -0.25) is 4.79 Å². The van der Waals surface area contributed by atoms with E-state index >= 15 is 0 Å². The zero-order valence-electron chi connectivity index (χ0n) is 9.00. The molecule has 0 radical (unpaired) electrons. The molecule has 1 aliphatic rings. The summed E-state index contributed by atoms with van der Waals surface area (Å²) in [7, 11) is 0. The summed E-state index contributed by atoms with van der Waals surface area (Å²) in [6.45, 7) is 1.81. The van der Waals surface area contributed by atoms with Crippen LogP contribution in [0.1, 0.15) is 12.5 Å². The van der Waals surface area contributed by atoms with E-state index in [1.807, 2.05) is 0 Å². The smallest absolute Gasteiger partial charge is 0.264 e. The minimum absolute atomic E-state index is 0.00703. The topological polar surface area (TPSA) is 26.3 Å². The quantitative estimate of drug-likeness (QED) is 0.504. The lowest BCUT2D eigenvalue weighted by atomic mass is 10.0. The fourth-order valence-electron chi connectivity index (χ4n) is 1.62. The molecule has 0 fully saturated rings. The van der Waals surface area contributed by atoms with Crippen molar-refractivity contribution < 1.29 is 40.9 Å². The number of alkyl halides is 1. The fraction of sp³-hybridized carbons (Fsp3) is 0.250. The van der Waals surface area contributed by atoms with Crippen LogP contribution in [0.3, 0.4) is 0 Å². The SMILES string of the molecule is CC([IH+])C(=O)C1=Cc2cc(F)cc(F)c2OC1. The average molecular weight is 351 g/mol. The number of ether oxygens (including phenoxy) is 1. The summed E-state index contributed by atoms with van der Waals surface area (Å²) < 4.78 is 31.4. The van der Waals surface area contributed by atoms with Gasteiger partial charge in [0, 0.05) is 17.2 Å². The van der Waals surface area contributed by atoms with Gasteiger partial charge in [0.2, 0.25) is 9.71 Å². The lowest BCUT2D eigenvalue weighted by molar-refractivity contribution is -0.396. The number of benzene rings is 1. The van der Waals surface area contributed by atoms with E-state index in [9.17, 15) is 13.6 Å². The van der Waals surface area contributed by atoms with E-state index in [2.05, 4.69) is 0 Å². The number of Topliss-reactive ketones (excluding diaryl/α,β-unsaturated/α-hetero) is 1. The molecule has 2 rings (SSSR count). The Kier molecular flexibility index (Phi) is 3.46. The Balaban J connectivity index is 2.44. The van der Waals surface area contributed by atoms with E-state index in [1.165, 1.54) is 6.08 Å². The first-order valence-electron chi connectivity index (χ1n) is 5.01. The molecule has 17 heavy (non-hydrogen) atoms. The van der Waals surface area contributed by atoms with E-state index in [-0.39, 0.29) is 27.6 Å². The van der Waals surface area contributed by atoms with Crippen LogP contribution in [0.4, 0.5) is 8.78 Å². The minimum atomic E-state index is -0.743. The third-order valence-corrected chi connectivity index (χ3v) is 3.04. The van der Waals surface area contributed by atoms with E-state index < -0.39 is 11.6 Å². The van der Waals surface area contributed by atoms with Gasteiger partial charge in [0.1, 0.15) is 12.4 Å². The molecule has 0 amide bonds. The average Bonchev–Trinajstić information content (AvgIpc) is 2.26. The predicted octanol–water partition coefficient (Wildman–Crippen LogP) is -1.02. The summed E-state index contributed by atoms with van der Waals surface area (Å²) >= 11 is 1.70. The van der Waals surface area contributed by atoms with Crippen LogP contribution in [0, 0.1) is 11.6 Å². The van der Waals surface area contributed by atoms with Crippen LogP contribution in [-0.4, -0.2) is 16.3 Å². The number of carbonyl (C=O) groups excluding carboxylic acids is 1. The highest BCUT2D eigenvalue weighted by atomic mass is 127. The van der Waals surface area contributed by atoms with Crippen molar-refractivity contribution in [1.29, 1.82) is 0 Å². The fourth-order valence-corrected chi connectivity index (χ4v) is 2.05. The van der Waals surface area contributed by atoms with Crippen LogP contribution in [0.15, 0.2) is 17.7 Å². The van der Waals surface area contributed by atoms with Crippen molar-refractivity contribution in [3.63, 3.8) is 0 Å². The normalized spacial score (nSPS) is 15.6. The van der Waals surface area contributed by atoms with E-state index in [4.69, 9.17) is 4.74 Å². The summed E-state index contributed by atoms with van der Waals surface area (Å²) in [4.78, 5) is 11.7. The standard InChI is InChI=1S/C12H10F2IO2/c1-6(15)11(16)8-2-7-3-9(13)4-10(14)12(7)17-5-8/h2-4,6,15H,5H2,1H3/q+1. The van der Waals surface area contributed by atoms with E-state index in [0.717, 1.165) is 12.1 Å². The van der Waals surface area contributed by atoms with Crippen LogP contribution < -0.4 is 27.3 Å². The zero-order valence-corrected chi connectivity index (χ0v) is 11.3. The molecule has 0 aliphatic carbocycles. The molecule has 2 nitrogen and oxygen atoms in total. The summed E-state index contributed by atoms with van der Waals surface area (Å²) in [5, 5.41) is 0. The molecular weight excluding hydrogens is 341 g/mol. The van der Waals surface area contributed by atoms with Crippen molar-refractivity contribution in [3.05, 3.63) is 34.9 Å². The van der Waals surface area contributed by atoms with Crippen LogP contribution in [0.5, 0.6) is 5.75 Å². The van der Waals surface area contributed by atoms with Gasteiger partial charge in [-0.1, -0.05) is 0 Å². The number of halogens is 3. The number of ketones is 1. The Morgan fingerprint density at radius 2 is 2.18 bits per heavy atom. The highest BCUT2D eigenvalue weighted by Gasteiger charge is 2.26. The Labute approximate surface area is 111 Å². The molecule has 1 heterocycles. The van der Waals surface area contributed by atoms with Crippen molar-refractivity contribution in [2.75, 3.05) is 6.61 Å². The molecule has 1 unspecified atom stereocenters. The Hall–Kier alpha value is -0.980. The molecule has 1 aromatic rings. The molecule has 0 saturated heterocycles. The van der Waals surface area contributed by atoms with Gasteiger partial charge >= 0.3 is 0 Å². The number of hydrogen-bond donors (Lipinski definition) is 0. The largest absolute Gasteiger partial charge is 0.485 e. The second-order valence-electron chi connectivity index (χ2n) is 3.77. The Morgan fingerprint density at radius 3 is 2.82 bits per heavy atom. The Morgan fingerprint density at radius 1 is 1.47 bits per heavy atom. The first-order chi connectivity index (χ1) is 7.99. The second-order valence-corrected chi connectivity index (χ2v) is 5.79. The zero-order chi connectivity index (χ0) is 12.6. The van der Waals surface area contributed by atoms with Gasteiger partial charge in [0.15, 0.2) is 11.6 Å². The van der Waals surface area contributed by atoms with E-state index in [1.54, 1.807) is 29.5 Å². The van der Waals surface area contributed by atoms with Crippen LogP contribution >= 0.6 is 0 Å². The number of fused-ring (bicyclic) bond motifs is 1. The summed E-state index contributed by atoms with van der Waals surface area (Å²) in [6.07, 6.45) is 1.49. The van der Waals surface area contributed by atoms with Gasteiger partial charge in [0.05, 0.1) is 0 Å². The lowest BCUT2D eigenvalue weighted by Gasteiger charge is -2.17. The highest BCUT2D eigenvalue weighted by molar-refractivity contribution is 6.03. The van der Waals surface area contributed by atoms with Crippen molar-refractivity contribution >= 4 is 11.9 Å². The first-order valence-corrected chi connectivity index (χ1v) is 6.36. The van der Waals surface area contributed by atoms with Crippen LogP contribution in [-0.2, 0) is 4.79 Å². The van der Waals surface area contributed by atoms with Crippen molar-refractivity contribution in [2.45, 2.75) is 10.8 Å². The molecule has 0 N–H and O–H groups in total. The molecule has 1 aliphatic heterocycles. The van der Waals surface area contributed by atoms with Crippen molar-refractivity contribution in [1.82, 2.24) is 0 Å². The van der Waals surface area contributed by atoms with Crippen LogP contribution in [0.25, 0.3) is 6.08 Å². The maximum absolute atomic E-state index is 13.3. The molecule has 5 heteroatoms. The molecule has 1 atom stereocenters. The predicted molar refractivity (Wildman–Crippen MR) is 55.7 cm³/mol. The van der Waals surface area contributed by atoms with Crippen molar-refractivity contribution in [2.24, 2.45) is 0 Å². The van der Waals surface area contributed by atoms with E-state index in [0.29, 0.717) is 5.57 Å². The third kappa shape index (κ3) is 2.48. The minimum Gasteiger partial charge on any atom is -0.485 e. The molecule has 0 saturated carbocycles. The molecular formula is C12H10F2IO2+. The monoisotopic (exact) mass is 351 g/mol. The molecule has 1 aromatic carbocycles. The summed E-state index contributed by atoms with van der Waals surface area (Å²) in [6, 6.07) is 1.93. The lowest BCUT2D eigenvalue weighted by Crippen LogP contribution is -3.39. The first kappa shape index (κ1) is 12.5. The summed E-state index contributed by atoms with van der Waals surface area (Å²) in [5.74, 6) is -1.48. The van der Waals surface area contributed by atoms with Gasteiger partial charge in [-0.15, -0.1) is 0 Å². The number of hydrogen-bond acceptors (Lipinski definition) is 2. The van der Waals surface area contributed by atoms with Gasteiger partial charge < -0.3 is 4.74 Å². The molecule has 0 bridgehead atoms. The van der Waals surface area contributed by atoms with Crippen molar-refractivity contribution in [3.8, 4) is 5.75 Å². The second kappa shape index (κ2) is 4.72. The van der Waals surface area contributed by atoms with Crippen LogP contribution in [0.2, 0.25) is 0 Å². The highest BCUT2D eigenvalue weighted by Crippen LogP contribution is 2.30. The summed E-state index contributed by atoms with van der Waals surface area (Å²) in [5.41, 5.74) is 0.721. The third-order valence-electron chi connectivity index (χ3n) is 2.42.